The van der Waals surface area contributed by atoms with Gasteiger partial charge in [0.15, 0.2) is 12.1 Å². The Hall–Kier alpha value is -3.04. The van der Waals surface area contributed by atoms with E-state index in [1.165, 1.54) is 24.6 Å². The molecule has 1 heterocycles. The van der Waals surface area contributed by atoms with E-state index in [0.29, 0.717) is 56.3 Å². The topological polar surface area (TPSA) is 114 Å². The number of allylic oxidation sites excluding steroid dienone is 1. The average Bonchev–Trinajstić information content (AvgIpc) is 3.74. The third kappa shape index (κ3) is 9.00. The molecule has 4 aliphatic rings. The number of hydrogen-bond donors (Lipinski definition) is 0. The van der Waals surface area contributed by atoms with E-state index in [-0.39, 0.29) is 35.8 Å². The van der Waals surface area contributed by atoms with Crippen LogP contribution in [0.3, 0.4) is 0 Å². The Bertz CT molecular complexity index is 1080. The van der Waals surface area contributed by atoms with E-state index in [9.17, 15) is 19.2 Å². The van der Waals surface area contributed by atoms with Gasteiger partial charge in [0, 0.05) is 35.5 Å². The highest BCUT2D eigenvalue weighted by Crippen LogP contribution is 2.60. The van der Waals surface area contributed by atoms with Crippen molar-refractivity contribution in [2.45, 2.75) is 78.1 Å². The number of esters is 3. The van der Waals surface area contributed by atoms with Crippen LogP contribution in [0.5, 0.6) is 0 Å². The minimum Gasteiger partial charge on any atom is -0.462 e. The van der Waals surface area contributed by atoms with Crippen LogP contribution in [0.25, 0.3) is 0 Å². The second-order valence-corrected chi connectivity index (χ2v) is 13.4. The molecule has 4 rings (SSSR count). The van der Waals surface area contributed by atoms with Crippen molar-refractivity contribution in [3.05, 3.63) is 50.6 Å². The first-order valence-corrected chi connectivity index (χ1v) is 15.7. The van der Waals surface area contributed by atoms with Crippen molar-refractivity contribution < 1.29 is 42.9 Å². The number of ketones is 1. The van der Waals surface area contributed by atoms with Crippen LogP contribution in [-0.4, -0.2) is 62.5 Å². The van der Waals surface area contributed by atoms with Crippen molar-refractivity contribution in [3.8, 4) is 0 Å². The van der Waals surface area contributed by atoms with Crippen molar-refractivity contribution >= 4 is 23.7 Å². The largest absolute Gasteiger partial charge is 0.462 e. The lowest BCUT2D eigenvalue weighted by Crippen LogP contribution is -2.48. The first-order chi connectivity index (χ1) is 20.9. The second kappa shape index (κ2) is 15.8. The SMILES string of the molecule is C=CC(=O)CCC1(CC)COC(C(C)(C)COC(=O)C=C)OC1.C=CC(=O)OCC1CC2C3CC(OC(=O)C=C)C(C3)C2C1. The number of hydrogen-bond acceptors (Lipinski definition) is 9. The highest BCUT2D eigenvalue weighted by molar-refractivity contribution is 5.89. The Morgan fingerprint density at radius 3 is 2.02 bits per heavy atom. The molecule has 0 spiro atoms. The summed E-state index contributed by atoms with van der Waals surface area (Å²) in [5, 5.41) is 0. The van der Waals surface area contributed by atoms with Gasteiger partial charge in [-0.15, -0.1) is 0 Å². The molecule has 244 valence electrons. The summed E-state index contributed by atoms with van der Waals surface area (Å²) in [6, 6.07) is 0. The molecule has 0 aromatic rings. The van der Waals surface area contributed by atoms with Gasteiger partial charge in [0.1, 0.15) is 12.7 Å². The Labute approximate surface area is 262 Å². The quantitative estimate of drug-likeness (QED) is 0.141. The molecule has 1 saturated heterocycles. The van der Waals surface area contributed by atoms with E-state index in [2.05, 4.69) is 33.2 Å². The number of rotatable bonds is 14. The maximum atomic E-state index is 11.5. The normalized spacial score (nSPS) is 31.8. The Morgan fingerprint density at radius 1 is 0.818 bits per heavy atom. The Balaban J connectivity index is 0.000000241. The fourth-order valence-electron chi connectivity index (χ4n) is 7.29. The van der Waals surface area contributed by atoms with Gasteiger partial charge in [0.2, 0.25) is 0 Å². The van der Waals surface area contributed by atoms with E-state index >= 15 is 0 Å². The summed E-state index contributed by atoms with van der Waals surface area (Å²) < 4.78 is 27.6. The summed E-state index contributed by atoms with van der Waals surface area (Å²) in [6.07, 6.45) is 11.0. The van der Waals surface area contributed by atoms with Gasteiger partial charge in [0.05, 0.1) is 19.8 Å². The van der Waals surface area contributed by atoms with E-state index < -0.39 is 17.7 Å². The van der Waals surface area contributed by atoms with Crippen LogP contribution < -0.4 is 0 Å². The second-order valence-electron chi connectivity index (χ2n) is 13.4. The number of fused-ring (bicyclic) bond motifs is 5. The fourth-order valence-corrected chi connectivity index (χ4v) is 7.29. The van der Waals surface area contributed by atoms with Gasteiger partial charge in [-0.05, 0) is 74.2 Å². The molecule has 3 saturated carbocycles. The van der Waals surface area contributed by atoms with Crippen molar-refractivity contribution in [2.75, 3.05) is 26.4 Å². The lowest BCUT2D eigenvalue weighted by Gasteiger charge is -2.44. The summed E-state index contributed by atoms with van der Waals surface area (Å²) in [5.41, 5.74) is -0.613. The number of ether oxygens (including phenoxy) is 5. The molecule has 44 heavy (non-hydrogen) atoms. The predicted molar refractivity (Wildman–Crippen MR) is 165 cm³/mol. The predicted octanol–water partition coefficient (Wildman–Crippen LogP) is 5.54. The molecule has 1 aliphatic heterocycles. The lowest BCUT2D eigenvalue weighted by atomic mass is 9.80. The highest BCUT2D eigenvalue weighted by Gasteiger charge is 2.57. The molecule has 0 aromatic heterocycles. The van der Waals surface area contributed by atoms with Crippen LogP contribution in [0.1, 0.15) is 65.7 Å². The summed E-state index contributed by atoms with van der Waals surface area (Å²) in [4.78, 5) is 45.2. The molecule has 3 aliphatic carbocycles. The average molecular weight is 615 g/mol. The monoisotopic (exact) mass is 614 g/mol. The molecular formula is C35H50O9. The molecule has 9 nitrogen and oxygen atoms in total. The smallest absolute Gasteiger partial charge is 0.330 e. The number of carbonyl (C=O) groups excluding carboxylic acids is 4. The van der Waals surface area contributed by atoms with Crippen LogP contribution in [0.2, 0.25) is 0 Å². The molecule has 0 radical (unpaired) electrons. The summed E-state index contributed by atoms with van der Waals surface area (Å²) >= 11 is 0. The van der Waals surface area contributed by atoms with Crippen molar-refractivity contribution in [1.29, 1.82) is 0 Å². The van der Waals surface area contributed by atoms with E-state index in [1.54, 1.807) is 0 Å². The summed E-state index contributed by atoms with van der Waals surface area (Å²) in [6.45, 7) is 21.4. The Morgan fingerprint density at radius 2 is 1.43 bits per heavy atom. The van der Waals surface area contributed by atoms with Gasteiger partial charge in [-0.2, -0.15) is 0 Å². The van der Waals surface area contributed by atoms with Gasteiger partial charge in [-0.1, -0.05) is 47.1 Å². The van der Waals surface area contributed by atoms with E-state index in [4.69, 9.17) is 23.7 Å². The minimum absolute atomic E-state index is 0.0385. The van der Waals surface area contributed by atoms with Crippen LogP contribution in [0.4, 0.5) is 0 Å². The fraction of sp³-hybridized carbons (Fsp3) is 0.657. The Kier molecular flexibility index (Phi) is 12.7. The van der Waals surface area contributed by atoms with Gasteiger partial charge in [0.25, 0.3) is 0 Å². The molecule has 4 fully saturated rings. The molecule has 0 N–H and O–H groups in total. The van der Waals surface area contributed by atoms with Gasteiger partial charge >= 0.3 is 17.9 Å². The van der Waals surface area contributed by atoms with Crippen molar-refractivity contribution in [1.82, 2.24) is 0 Å². The summed E-state index contributed by atoms with van der Waals surface area (Å²) in [5.74, 6) is 1.89. The molecule has 6 unspecified atom stereocenters. The third-order valence-electron chi connectivity index (χ3n) is 9.92. The van der Waals surface area contributed by atoms with Gasteiger partial charge in [-0.25, -0.2) is 14.4 Å². The van der Waals surface area contributed by atoms with Crippen LogP contribution >= 0.6 is 0 Å². The highest BCUT2D eigenvalue weighted by atomic mass is 16.7. The van der Waals surface area contributed by atoms with Crippen LogP contribution in [0, 0.1) is 40.4 Å². The first kappa shape index (κ1) is 35.4. The third-order valence-corrected chi connectivity index (χ3v) is 9.92. The van der Waals surface area contributed by atoms with Crippen molar-refractivity contribution in [3.63, 3.8) is 0 Å². The molecule has 6 atom stereocenters. The molecule has 2 bridgehead atoms. The zero-order valence-electron chi connectivity index (χ0n) is 26.6. The lowest BCUT2D eigenvalue weighted by molar-refractivity contribution is -0.276. The zero-order chi connectivity index (χ0) is 32.5. The van der Waals surface area contributed by atoms with Gasteiger partial charge in [-0.3, -0.25) is 4.79 Å². The zero-order valence-corrected chi connectivity index (χ0v) is 26.6. The maximum Gasteiger partial charge on any atom is 0.330 e. The number of carbonyl (C=O) groups is 4. The van der Waals surface area contributed by atoms with E-state index in [0.717, 1.165) is 37.7 Å². The standard InChI is InChI=1S/C18H28O5.C17H22O4/c1-6-14(19)9-10-18(8-3)12-22-16(23-13-18)17(4,5)11-21-15(20)7-2;1-3-16(18)20-9-10-5-12-11-7-14(13(12)6-10)15(8-11)21-17(19)4-2/h6-7,16H,1-2,8-13H2,3-5H3;3-4,10-15H,1-2,5-9H2. The molecule has 9 heteroatoms. The molecule has 0 amide bonds. The first-order valence-electron chi connectivity index (χ1n) is 15.7. The van der Waals surface area contributed by atoms with Crippen LogP contribution in [0.15, 0.2) is 50.6 Å². The van der Waals surface area contributed by atoms with E-state index in [1.807, 2.05) is 13.8 Å². The molecular weight excluding hydrogens is 564 g/mol. The van der Waals surface area contributed by atoms with Crippen molar-refractivity contribution in [2.24, 2.45) is 40.4 Å². The van der Waals surface area contributed by atoms with Crippen LogP contribution in [-0.2, 0) is 42.9 Å². The maximum absolute atomic E-state index is 11.5. The molecule has 0 aromatic carbocycles. The van der Waals surface area contributed by atoms with Gasteiger partial charge < -0.3 is 23.7 Å². The summed E-state index contributed by atoms with van der Waals surface area (Å²) in [7, 11) is 0. The minimum atomic E-state index is -0.463.